The van der Waals surface area contributed by atoms with E-state index in [1.807, 2.05) is 36.4 Å². The number of carbonyl (C=O) groups excluding carboxylic acids is 3. The number of aliphatic carboxylic acids is 1. The molecule has 56 heavy (non-hydrogen) atoms. The first-order valence-electron chi connectivity index (χ1n) is 17.8. The zero-order valence-electron chi connectivity index (χ0n) is 31.0. The third kappa shape index (κ3) is 13.6. The minimum atomic E-state index is -1.27. The standard InChI is InChI=1S/C21H21NO4.C12H14O2.C10H9NO5/c1-26-19-13-15(8-10-16(19)12-14-6-7-14)9-11-20(23)22-18-5-3-2-4-17(18)21(24)25;1-14-12-7-10(8-13)4-5-11(12)6-9-2-3-9;12-8(5-9(13)14)11-7-4-2-1-3-6(7)10(15)16/h2-5,8-11,13-14H,6-7,12H2,1H3,(H,22,23)(H,24,25);4-5,7-9H,2-3,6H2,1H3;1-4H,5H2,(H,11,12)(H,13,14)(H,15,16)/b11-9+;;. The largest absolute Gasteiger partial charge is 0.496 e. The molecule has 0 unspecified atom stereocenters. The smallest absolute Gasteiger partial charge is 0.337 e. The van der Waals surface area contributed by atoms with Crippen LogP contribution in [0.3, 0.4) is 0 Å². The molecule has 0 radical (unpaired) electrons. The first kappa shape index (κ1) is 42.0. The van der Waals surface area contributed by atoms with Crippen molar-refractivity contribution in [3.05, 3.63) is 124 Å². The summed E-state index contributed by atoms with van der Waals surface area (Å²) in [5, 5.41) is 31.1. The molecule has 0 spiro atoms. The predicted molar refractivity (Wildman–Crippen MR) is 210 cm³/mol. The maximum atomic E-state index is 12.1. The molecule has 0 heterocycles. The van der Waals surface area contributed by atoms with Crippen LogP contribution in [0.15, 0.2) is 91.0 Å². The summed E-state index contributed by atoms with van der Waals surface area (Å²) in [6.45, 7) is 0. The zero-order valence-corrected chi connectivity index (χ0v) is 31.0. The van der Waals surface area contributed by atoms with E-state index in [2.05, 4.69) is 10.6 Å². The van der Waals surface area contributed by atoms with Gasteiger partial charge < -0.3 is 35.4 Å². The molecule has 13 heteroatoms. The molecule has 4 aromatic rings. The van der Waals surface area contributed by atoms with Gasteiger partial charge in [0.1, 0.15) is 24.2 Å². The molecule has 5 N–H and O–H groups in total. The maximum Gasteiger partial charge on any atom is 0.337 e. The van der Waals surface area contributed by atoms with E-state index >= 15 is 0 Å². The minimum Gasteiger partial charge on any atom is -0.496 e. The number of aldehydes is 1. The van der Waals surface area contributed by atoms with Gasteiger partial charge in [-0.25, -0.2) is 9.59 Å². The Morgan fingerprint density at radius 3 is 1.57 bits per heavy atom. The third-order valence-electron chi connectivity index (χ3n) is 8.76. The molecule has 0 atom stereocenters. The highest BCUT2D eigenvalue weighted by Gasteiger charge is 2.24. The fourth-order valence-corrected chi connectivity index (χ4v) is 5.54. The summed E-state index contributed by atoms with van der Waals surface area (Å²) in [4.78, 5) is 66.0. The molecular weight excluding hydrogens is 720 g/mol. The number of anilines is 2. The van der Waals surface area contributed by atoms with Crippen LogP contribution in [0.5, 0.6) is 11.5 Å². The molecular formula is C43H44N2O11. The molecule has 2 amide bonds. The second kappa shape index (κ2) is 20.6. The minimum absolute atomic E-state index is 0.0559. The highest BCUT2D eigenvalue weighted by molar-refractivity contribution is 6.06. The third-order valence-corrected chi connectivity index (χ3v) is 8.76. The maximum absolute atomic E-state index is 12.1. The molecule has 4 aromatic carbocycles. The van der Waals surface area contributed by atoms with Crippen molar-refractivity contribution in [3.63, 3.8) is 0 Å². The summed E-state index contributed by atoms with van der Waals surface area (Å²) in [5.74, 6) is -1.41. The Morgan fingerprint density at radius 2 is 1.12 bits per heavy atom. The lowest BCUT2D eigenvalue weighted by atomic mass is 10.0. The van der Waals surface area contributed by atoms with Crippen molar-refractivity contribution in [2.75, 3.05) is 24.9 Å². The van der Waals surface area contributed by atoms with Gasteiger partial charge in [-0.15, -0.1) is 0 Å². The number of rotatable bonds is 15. The SMILES string of the molecule is COc1cc(/C=C/C(=O)Nc2ccccc2C(=O)O)ccc1CC1CC1.COc1cc(C=O)ccc1CC1CC1.O=C(O)CC(=O)Nc1ccccc1C(=O)O. The molecule has 0 aliphatic heterocycles. The summed E-state index contributed by atoms with van der Waals surface area (Å²) in [6, 6.07) is 23.6. The summed E-state index contributed by atoms with van der Waals surface area (Å²) in [6.07, 6.45) is 10.6. The van der Waals surface area contributed by atoms with Crippen molar-refractivity contribution >= 4 is 53.5 Å². The molecule has 6 rings (SSSR count). The number of amides is 2. The Morgan fingerprint density at radius 1 is 0.661 bits per heavy atom. The predicted octanol–water partition coefficient (Wildman–Crippen LogP) is 7.26. The zero-order chi connectivity index (χ0) is 40.6. The van der Waals surface area contributed by atoms with Crippen LogP contribution in [0.25, 0.3) is 6.08 Å². The van der Waals surface area contributed by atoms with Gasteiger partial charge in [0.05, 0.1) is 36.7 Å². The second-order valence-corrected chi connectivity index (χ2v) is 13.2. The number of methoxy groups -OCH3 is 2. The molecule has 292 valence electrons. The van der Waals surface area contributed by atoms with Crippen LogP contribution in [-0.2, 0) is 27.2 Å². The van der Waals surface area contributed by atoms with Crippen LogP contribution in [0.1, 0.15) is 79.9 Å². The number of hydrogen-bond donors (Lipinski definition) is 5. The van der Waals surface area contributed by atoms with E-state index in [-0.39, 0.29) is 28.4 Å². The lowest BCUT2D eigenvalue weighted by Crippen LogP contribution is -2.17. The van der Waals surface area contributed by atoms with Gasteiger partial charge >= 0.3 is 17.9 Å². The van der Waals surface area contributed by atoms with Crippen molar-refractivity contribution < 1.29 is 53.6 Å². The van der Waals surface area contributed by atoms with E-state index in [0.29, 0.717) is 5.56 Å². The average molecular weight is 765 g/mol. The molecule has 2 saturated carbocycles. The highest BCUT2D eigenvalue weighted by atomic mass is 16.5. The van der Waals surface area contributed by atoms with E-state index in [4.69, 9.17) is 24.8 Å². The van der Waals surface area contributed by atoms with Gasteiger partial charge in [-0.2, -0.15) is 0 Å². The van der Waals surface area contributed by atoms with Gasteiger partial charge in [-0.05, 0) is 110 Å². The van der Waals surface area contributed by atoms with Crippen LogP contribution in [0.4, 0.5) is 11.4 Å². The van der Waals surface area contributed by atoms with Crippen molar-refractivity contribution in [2.45, 2.75) is 44.9 Å². The van der Waals surface area contributed by atoms with E-state index in [1.54, 1.807) is 44.6 Å². The lowest BCUT2D eigenvalue weighted by Gasteiger charge is -2.09. The Labute approximate surface area is 324 Å². The van der Waals surface area contributed by atoms with Gasteiger partial charge in [-0.3, -0.25) is 19.2 Å². The summed E-state index contributed by atoms with van der Waals surface area (Å²) >= 11 is 0. The van der Waals surface area contributed by atoms with Gasteiger partial charge in [-0.1, -0.05) is 48.5 Å². The van der Waals surface area contributed by atoms with E-state index in [1.165, 1.54) is 67.2 Å². The summed E-state index contributed by atoms with van der Waals surface area (Å²) < 4.78 is 10.7. The Balaban J connectivity index is 0.000000199. The fraction of sp³-hybridized carbons (Fsp3) is 0.256. The average Bonchev–Trinajstić information content (AvgIpc) is 4.13. The van der Waals surface area contributed by atoms with Crippen LogP contribution < -0.4 is 20.1 Å². The Kier molecular flexibility index (Phi) is 15.5. The number of hydrogen-bond acceptors (Lipinski definition) is 8. The van der Waals surface area contributed by atoms with Crippen LogP contribution in [0, 0.1) is 11.8 Å². The van der Waals surface area contributed by atoms with Gasteiger partial charge in [0.15, 0.2) is 0 Å². The summed E-state index contributed by atoms with van der Waals surface area (Å²) in [5.41, 5.74) is 4.27. The number of aromatic carboxylic acids is 2. The second-order valence-electron chi connectivity index (χ2n) is 13.2. The van der Waals surface area contributed by atoms with Gasteiger partial charge in [0.2, 0.25) is 11.8 Å². The first-order chi connectivity index (χ1) is 26.9. The Hall–Kier alpha value is -6.76. The monoisotopic (exact) mass is 764 g/mol. The van der Waals surface area contributed by atoms with Crippen LogP contribution >= 0.6 is 0 Å². The quantitative estimate of drug-likeness (QED) is 0.0463. The van der Waals surface area contributed by atoms with Crippen molar-refractivity contribution in [1.29, 1.82) is 0 Å². The van der Waals surface area contributed by atoms with Gasteiger partial charge in [0, 0.05) is 11.6 Å². The van der Waals surface area contributed by atoms with E-state index < -0.39 is 30.2 Å². The number of benzene rings is 4. The highest BCUT2D eigenvalue weighted by Crippen LogP contribution is 2.36. The van der Waals surface area contributed by atoms with Crippen LogP contribution in [-0.4, -0.2) is 65.5 Å². The molecule has 0 saturated heterocycles. The van der Waals surface area contributed by atoms with E-state index in [0.717, 1.165) is 48.0 Å². The Bertz CT molecular complexity index is 2080. The van der Waals surface area contributed by atoms with Crippen molar-refractivity contribution in [1.82, 2.24) is 0 Å². The lowest BCUT2D eigenvalue weighted by molar-refractivity contribution is -0.139. The number of para-hydroxylation sites is 2. The molecule has 2 fully saturated rings. The number of carboxylic acids is 3. The number of carbonyl (C=O) groups is 6. The molecule has 0 bridgehead atoms. The first-order valence-corrected chi connectivity index (χ1v) is 17.8. The van der Waals surface area contributed by atoms with E-state index in [9.17, 15) is 28.8 Å². The number of nitrogens with one attached hydrogen (secondary N) is 2. The van der Waals surface area contributed by atoms with Crippen LogP contribution in [0.2, 0.25) is 0 Å². The number of carboxylic acid groups (broad SMARTS) is 3. The molecule has 2 aliphatic rings. The topological polar surface area (TPSA) is 206 Å². The molecule has 0 aromatic heterocycles. The molecule has 13 nitrogen and oxygen atoms in total. The van der Waals surface area contributed by atoms with Gasteiger partial charge in [0.25, 0.3) is 0 Å². The number of ether oxygens (including phenoxy) is 2. The summed E-state index contributed by atoms with van der Waals surface area (Å²) in [7, 11) is 3.30. The normalized spacial score (nSPS) is 12.8. The van der Waals surface area contributed by atoms with Crippen molar-refractivity contribution in [3.8, 4) is 11.5 Å². The van der Waals surface area contributed by atoms with Crippen molar-refractivity contribution in [2.24, 2.45) is 11.8 Å². The fourth-order valence-electron chi connectivity index (χ4n) is 5.54. The molecule has 2 aliphatic carbocycles.